The van der Waals surface area contributed by atoms with Crippen LogP contribution in [0.2, 0.25) is 13.1 Å². The van der Waals surface area contributed by atoms with E-state index < -0.39 is 32.2 Å². The third kappa shape index (κ3) is 5.54. The second kappa shape index (κ2) is 11.0. The third-order valence-corrected chi connectivity index (χ3v) is 11.9. The lowest BCUT2D eigenvalue weighted by molar-refractivity contribution is -0.582. The normalized spacial score (nSPS) is 18.3. The van der Waals surface area contributed by atoms with Crippen LogP contribution in [-0.2, 0) is 4.79 Å². The van der Waals surface area contributed by atoms with Gasteiger partial charge < -0.3 is 25.0 Å². The van der Waals surface area contributed by atoms with E-state index >= 15 is 0 Å². The molecule has 2 fully saturated rings. The van der Waals surface area contributed by atoms with Crippen molar-refractivity contribution in [1.82, 2.24) is 0 Å². The molecule has 0 spiro atoms. The lowest BCUT2D eigenvalue weighted by Crippen LogP contribution is -2.50. The second-order valence-electron chi connectivity index (χ2n) is 11.3. The fourth-order valence-corrected chi connectivity index (χ4v) is 8.79. The Balaban J connectivity index is 0.000000472. The Morgan fingerprint density at radius 3 is 2.14 bits per heavy atom. The van der Waals surface area contributed by atoms with E-state index in [4.69, 9.17) is 9.90 Å². The summed E-state index contributed by atoms with van der Waals surface area (Å²) in [6, 6.07) is 10.7. The minimum Gasteiger partial charge on any atom is -0.545 e. The SMILES string of the molecule is C[Si]1(C)C2=CC(=[N+]3CCC3)C=CC2=C(c2cc(C(=O)[O-])ccc2C(=O)O)c2ccc(N3CCC3)cc21.O=C(O)C(F)(F)F. The zero-order chi connectivity index (χ0) is 31.3. The number of aromatic carboxylic acids is 2. The van der Waals surface area contributed by atoms with Gasteiger partial charge in [0, 0.05) is 30.9 Å². The van der Waals surface area contributed by atoms with Crippen LogP contribution in [0.15, 0.2) is 65.4 Å². The Morgan fingerprint density at radius 1 is 0.953 bits per heavy atom. The van der Waals surface area contributed by atoms with E-state index in [9.17, 15) is 33.0 Å². The highest BCUT2D eigenvalue weighted by Crippen LogP contribution is 2.43. The molecule has 12 heteroatoms. The van der Waals surface area contributed by atoms with Gasteiger partial charge in [-0.2, -0.15) is 13.2 Å². The zero-order valence-corrected chi connectivity index (χ0v) is 24.5. The summed E-state index contributed by atoms with van der Waals surface area (Å²) in [5, 5.41) is 31.4. The lowest BCUT2D eigenvalue weighted by atomic mass is 9.86. The summed E-state index contributed by atoms with van der Waals surface area (Å²) in [7, 11) is -2.17. The Hall–Kier alpha value is -4.45. The number of allylic oxidation sites excluding steroid dienone is 5. The van der Waals surface area contributed by atoms with Crippen molar-refractivity contribution in [1.29, 1.82) is 0 Å². The van der Waals surface area contributed by atoms with Gasteiger partial charge in [0.15, 0.2) is 5.71 Å². The number of fused-ring (bicyclic) bond motifs is 2. The fraction of sp³-hybridized carbons (Fsp3) is 0.290. The average Bonchev–Trinajstić information content (AvgIpc) is 2.87. The predicted octanol–water partition coefficient (Wildman–Crippen LogP) is 3.22. The Morgan fingerprint density at radius 2 is 1.63 bits per heavy atom. The number of carbonyl (C=O) groups is 3. The van der Waals surface area contributed by atoms with Crippen LogP contribution in [0.5, 0.6) is 0 Å². The van der Waals surface area contributed by atoms with Crippen LogP contribution in [-0.4, -0.2) is 78.8 Å². The van der Waals surface area contributed by atoms with Crippen LogP contribution >= 0.6 is 0 Å². The van der Waals surface area contributed by atoms with E-state index in [1.807, 2.05) is 0 Å². The first-order valence-electron chi connectivity index (χ1n) is 13.8. The van der Waals surface area contributed by atoms with Gasteiger partial charge in [-0.3, -0.25) is 0 Å². The molecule has 2 aromatic carbocycles. The molecule has 6 rings (SSSR count). The predicted molar refractivity (Wildman–Crippen MR) is 155 cm³/mol. The first kappa shape index (κ1) is 30.0. The molecule has 8 nitrogen and oxygen atoms in total. The monoisotopic (exact) mass is 610 g/mol. The van der Waals surface area contributed by atoms with Gasteiger partial charge in [0.2, 0.25) is 0 Å². The van der Waals surface area contributed by atoms with E-state index in [0.717, 1.165) is 42.9 Å². The summed E-state index contributed by atoms with van der Waals surface area (Å²) in [5.74, 6) is -5.16. The lowest BCUT2D eigenvalue weighted by Gasteiger charge is -2.40. The minimum atomic E-state index is -5.08. The molecular weight excluding hydrogens is 581 g/mol. The number of hydrogen-bond donors (Lipinski definition) is 2. The molecule has 1 aliphatic carbocycles. The van der Waals surface area contributed by atoms with Crippen LogP contribution in [0.3, 0.4) is 0 Å². The highest BCUT2D eigenvalue weighted by Gasteiger charge is 2.42. The van der Waals surface area contributed by atoms with Gasteiger partial charge in [-0.1, -0.05) is 25.2 Å². The number of alkyl halides is 3. The molecule has 3 aliphatic heterocycles. The maximum absolute atomic E-state index is 12.3. The second-order valence-corrected chi connectivity index (χ2v) is 15.6. The highest BCUT2D eigenvalue weighted by atomic mass is 28.3. The van der Waals surface area contributed by atoms with Crippen LogP contribution < -0.4 is 15.2 Å². The number of hydrogen-bond acceptors (Lipinski definition) is 5. The summed E-state index contributed by atoms with van der Waals surface area (Å²) >= 11 is 0. The zero-order valence-electron chi connectivity index (χ0n) is 23.5. The van der Waals surface area contributed by atoms with Crippen LogP contribution in [0, 0.1) is 0 Å². The maximum atomic E-state index is 12.3. The number of carboxylic acids is 3. The molecule has 224 valence electrons. The molecule has 4 aliphatic rings. The number of aliphatic carboxylic acids is 1. The summed E-state index contributed by atoms with van der Waals surface area (Å²) in [4.78, 5) is 35.3. The number of benzene rings is 2. The topological polar surface area (TPSA) is 121 Å². The Bertz CT molecular complexity index is 1680. The van der Waals surface area contributed by atoms with Crippen LogP contribution in [0.25, 0.3) is 5.57 Å². The van der Waals surface area contributed by atoms with Crippen LogP contribution in [0.1, 0.15) is 44.7 Å². The number of anilines is 1. The summed E-state index contributed by atoms with van der Waals surface area (Å²) in [5.41, 5.74) is 5.67. The van der Waals surface area contributed by atoms with E-state index in [-0.39, 0.29) is 11.1 Å². The number of carbonyl (C=O) groups excluding carboxylic acids is 1. The molecule has 0 amide bonds. The minimum absolute atomic E-state index is 0.0259. The Kier molecular flexibility index (Phi) is 7.67. The van der Waals surface area contributed by atoms with Crippen molar-refractivity contribution < 1.29 is 47.4 Å². The average molecular weight is 611 g/mol. The van der Waals surface area contributed by atoms with Gasteiger partial charge in [-0.25, -0.2) is 14.2 Å². The number of halogens is 3. The van der Waals surface area contributed by atoms with E-state index in [1.165, 1.54) is 52.8 Å². The van der Waals surface area contributed by atoms with Gasteiger partial charge in [0.05, 0.1) is 18.0 Å². The number of carboxylic acid groups (broad SMARTS) is 3. The van der Waals surface area contributed by atoms with Gasteiger partial charge >= 0.3 is 18.1 Å². The molecule has 0 atom stereocenters. The largest absolute Gasteiger partial charge is 0.545 e. The van der Waals surface area contributed by atoms with Gasteiger partial charge in [0.1, 0.15) is 21.2 Å². The molecule has 0 unspecified atom stereocenters. The number of nitrogens with zero attached hydrogens (tertiary/aromatic N) is 2. The van der Waals surface area contributed by atoms with Crippen LogP contribution in [0.4, 0.5) is 18.9 Å². The molecule has 0 aromatic heterocycles. The quantitative estimate of drug-likeness (QED) is 0.403. The van der Waals surface area contributed by atoms with Crippen molar-refractivity contribution in [2.45, 2.75) is 32.1 Å². The van der Waals surface area contributed by atoms with E-state index in [1.54, 1.807) is 0 Å². The van der Waals surface area contributed by atoms with Crippen molar-refractivity contribution in [2.75, 3.05) is 31.1 Å². The molecule has 2 saturated heterocycles. The smallest absolute Gasteiger partial charge is 0.490 e. The van der Waals surface area contributed by atoms with Gasteiger partial charge in [0.25, 0.3) is 0 Å². The van der Waals surface area contributed by atoms with E-state index in [0.29, 0.717) is 5.56 Å². The fourth-order valence-electron chi connectivity index (χ4n) is 5.72. The summed E-state index contributed by atoms with van der Waals surface area (Å²) in [6.07, 6.45) is 3.81. The van der Waals surface area contributed by atoms with Crippen molar-refractivity contribution in [2.24, 2.45) is 0 Å². The maximum Gasteiger partial charge on any atom is 0.490 e. The summed E-state index contributed by atoms with van der Waals surface area (Å²) < 4.78 is 34.1. The van der Waals surface area contributed by atoms with Crippen molar-refractivity contribution >= 4 is 48.1 Å². The molecule has 2 N–H and O–H groups in total. The van der Waals surface area contributed by atoms with Crippen molar-refractivity contribution in [3.63, 3.8) is 0 Å². The van der Waals surface area contributed by atoms with Gasteiger partial charge in [-0.15, -0.1) is 0 Å². The Labute approximate surface area is 246 Å². The molecule has 43 heavy (non-hydrogen) atoms. The third-order valence-electron chi connectivity index (χ3n) is 8.33. The highest BCUT2D eigenvalue weighted by molar-refractivity contribution is 6.98. The molecule has 0 radical (unpaired) electrons. The van der Waals surface area contributed by atoms with Crippen molar-refractivity contribution in [3.05, 3.63) is 87.6 Å². The molecule has 0 saturated carbocycles. The van der Waals surface area contributed by atoms with Crippen molar-refractivity contribution in [3.8, 4) is 0 Å². The van der Waals surface area contributed by atoms with Gasteiger partial charge in [-0.05, 0) is 75.0 Å². The standard InChI is InChI=1S/C29H28N2O4Si.C2HF3O2/c1-36(2)25-16-19(30-11-3-12-30)6-9-22(25)27(23-10-7-20(17-26(23)36)31-13-4-14-31)24-15-18(28(32)33)5-8-21(24)29(34)35;3-2(4,5)1(6)7/h5-10,15-17H,3-4,11-14H2,1-2H3,(H-,32,33,34,35);(H,6,7). The molecule has 0 bridgehead atoms. The number of rotatable bonds is 4. The first-order valence-corrected chi connectivity index (χ1v) is 16.8. The first-order chi connectivity index (χ1) is 20.2. The molecular formula is C31H29F3N2O6Si. The van der Waals surface area contributed by atoms with E-state index in [2.05, 4.69) is 59.0 Å². The molecule has 2 aromatic rings. The molecule has 3 heterocycles. The summed E-state index contributed by atoms with van der Waals surface area (Å²) in [6.45, 7) is 8.90.